The van der Waals surface area contributed by atoms with Gasteiger partial charge in [0.15, 0.2) is 17.2 Å². The second-order valence-electron chi connectivity index (χ2n) is 11.9. The first-order valence-electron chi connectivity index (χ1n) is 14.6. The predicted octanol–water partition coefficient (Wildman–Crippen LogP) is 4.98. The fourth-order valence-electron chi connectivity index (χ4n) is 5.77. The molecule has 1 N–H and O–H groups in total. The lowest BCUT2D eigenvalue weighted by Crippen LogP contribution is -2.56. The number of nitrogens with zero attached hydrogens (tertiary/aromatic N) is 4. The van der Waals surface area contributed by atoms with E-state index in [1.54, 1.807) is 30.9 Å². The zero-order valence-electron chi connectivity index (χ0n) is 24.1. The minimum absolute atomic E-state index is 0.0293. The van der Waals surface area contributed by atoms with Crippen molar-refractivity contribution in [2.24, 2.45) is 5.92 Å². The molecular formula is C31H38BrFN4O5. The van der Waals surface area contributed by atoms with Crippen molar-refractivity contribution in [3.63, 3.8) is 0 Å². The highest BCUT2D eigenvalue weighted by atomic mass is 79.9. The Balaban J connectivity index is 1.25. The van der Waals surface area contributed by atoms with Crippen molar-refractivity contribution in [3.05, 3.63) is 58.3 Å². The lowest BCUT2D eigenvalue weighted by Gasteiger charge is -2.38. The molecule has 0 bridgehead atoms. The maximum absolute atomic E-state index is 14.9. The highest BCUT2D eigenvalue weighted by molar-refractivity contribution is 9.10. The summed E-state index contributed by atoms with van der Waals surface area (Å²) in [6.45, 7) is 6.00. The molecule has 0 aromatic heterocycles. The van der Waals surface area contributed by atoms with Gasteiger partial charge in [0.1, 0.15) is 0 Å². The van der Waals surface area contributed by atoms with E-state index in [2.05, 4.69) is 20.8 Å². The summed E-state index contributed by atoms with van der Waals surface area (Å²) in [6.07, 6.45) is 2.69. The van der Waals surface area contributed by atoms with Crippen molar-refractivity contribution < 1.29 is 28.6 Å². The van der Waals surface area contributed by atoms with Crippen LogP contribution in [-0.2, 0) is 16.1 Å². The van der Waals surface area contributed by atoms with Gasteiger partial charge in [-0.2, -0.15) is 0 Å². The first kappa shape index (κ1) is 30.1. The highest BCUT2D eigenvalue weighted by Gasteiger charge is 2.39. The molecular weight excluding hydrogens is 607 g/mol. The number of carbonyl (C=O) groups excluding carboxylic acids is 2. The molecule has 0 unspecified atom stereocenters. The Kier molecular flexibility index (Phi) is 8.96. The second-order valence-corrected chi connectivity index (χ2v) is 12.8. The molecule has 1 aliphatic carbocycles. The summed E-state index contributed by atoms with van der Waals surface area (Å²) in [5, 5.41) is 9.18. The smallest absolute Gasteiger partial charge is 0.407 e. The molecule has 2 aliphatic heterocycles. The number of hydrogen-bond donors (Lipinski definition) is 1. The number of halogens is 2. The van der Waals surface area contributed by atoms with Gasteiger partial charge >= 0.3 is 6.09 Å². The van der Waals surface area contributed by atoms with Crippen molar-refractivity contribution in [1.82, 2.24) is 14.7 Å². The Bertz CT molecular complexity index is 1310. The molecule has 3 aliphatic rings. The van der Waals surface area contributed by atoms with E-state index in [1.807, 2.05) is 29.2 Å². The number of ether oxygens (including phenoxy) is 1. The molecule has 0 spiro atoms. The van der Waals surface area contributed by atoms with Crippen LogP contribution in [0, 0.1) is 11.7 Å². The Morgan fingerprint density at radius 2 is 1.67 bits per heavy atom. The van der Waals surface area contributed by atoms with Crippen LogP contribution < -0.4 is 9.64 Å². The van der Waals surface area contributed by atoms with Gasteiger partial charge in [-0.3, -0.25) is 9.59 Å². The molecule has 3 fully saturated rings. The van der Waals surface area contributed by atoms with Crippen LogP contribution in [0.4, 0.5) is 14.9 Å². The quantitative estimate of drug-likeness (QED) is 0.436. The van der Waals surface area contributed by atoms with Gasteiger partial charge in [-0.05, 0) is 69.4 Å². The number of carboxylic acid groups (broad SMARTS) is 1. The lowest BCUT2D eigenvalue weighted by atomic mass is 9.95. The number of benzene rings is 2. The van der Waals surface area contributed by atoms with Crippen LogP contribution in [0.15, 0.2) is 46.9 Å². The van der Waals surface area contributed by atoms with Crippen molar-refractivity contribution in [1.29, 1.82) is 0 Å². The van der Waals surface area contributed by atoms with Crippen LogP contribution in [0.1, 0.15) is 45.1 Å². The molecule has 1 saturated carbocycles. The Labute approximate surface area is 254 Å². The molecule has 9 nitrogen and oxygen atoms in total. The maximum Gasteiger partial charge on any atom is 0.407 e. The van der Waals surface area contributed by atoms with E-state index < -0.39 is 17.5 Å². The monoisotopic (exact) mass is 644 g/mol. The van der Waals surface area contributed by atoms with E-state index in [1.165, 1.54) is 11.0 Å². The maximum atomic E-state index is 14.9. The van der Waals surface area contributed by atoms with Gasteiger partial charge in [0.25, 0.3) is 5.91 Å². The third-order valence-electron chi connectivity index (χ3n) is 8.31. The molecule has 2 aromatic rings. The van der Waals surface area contributed by atoms with Crippen LogP contribution in [0.5, 0.6) is 5.75 Å². The minimum Gasteiger partial charge on any atom is -0.475 e. The predicted molar refractivity (Wildman–Crippen MR) is 160 cm³/mol. The standard InChI is InChI=1S/C31H38BrFN4O5/c1-31(2,29(39)34-14-16-35(17-15-34)30(40)41)42-27-18-25(11-12-26(27)33)36-13-3-4-22(20-36)28(38)37(24-9-10-24)19-21-5-7-23(32)8-6-21/h5-8,11-12,18,22,24H,3-4,9-10,13-17,19-20H2,1-2H3,(H,40,41)/t22-/m1/s1. The molecule has 2 aromatic carbocycles. The lowest BCUT2D eigenvalue weighted by molar-refractivity contribution is -0.147. The number of amides is 3. The summed E-state index contributed by atoms with van der Waals surface area (Å²) < 4.78 is 21.9. The number of piperidine rings is 1. The van der Waals surface area contributed by atoms with Gasteiger partial charge in [-0.25, -0.2) is 9.18 Å². The van der Waals surface area contributed by atoms with E-state index >= 15 is 0 Å². The fraction of sp³-hybridized carbons (Fsp3) is 0.516. The Morgan fingerprint density at radius 3 is 2.31 bits per heavy atom. The summed E-state index contributed by atoms with van der Waals surface area (Å²) in [4.78, 5) is 45.2. The largest absolute Gasteiger partial charge is 0.475 e. The molecule has 42 heavy (non-hydrogen) atoms. The molecule has 226 valence electrons. The summed E-state index contributed by atoms with van der Waals surface area (Å²) in [5.74, 6) is -0.926. The van der Waals surface area contributed by atoms with Crippen LogP contribution in [0.3, 0.4) is 0 Å². The molecule has 3 amide bonds. The molecule has 5 rings (SSSR count). The minimum atomic E-state index is -1.36. The van der Waals surface area contributed by atoms with Crippen molar-refractivity contribution in [2.75, 3.05) is 44.2 Å². The molecule has 0 radical (unpaired) electrons. The van der Waals surface area contributed by atoms with Crippen LogP contribution in [0.25, 0.3) is 0 Å². The van der Waals surface area contributed by atoms with Gasteiger partial charge < -0.3 is 29.4 Å². The van der Waals surface area contributed by atoms with Crippen LogP contribution in [0.2, 0.25) is 0 Å². The van der Waals surface area contributed by atoms with Gasteiger partial charge in [-0.1, -0.05) is 28.1 Å². The fourth-order valence-corrected chi connectivity index (χ4v) is 6.04. The summed E-state index contributed by atoms with van der Waals surface area (Å²) in [6, 6.07) is 13.0. The third-order valence-corrected chi connectivity index (χ3v) is 8.83. The summed E-state index contributed by atoms with van der Waals surface area (Å²) in [5.41, 5.74) is 0.490. The van der Waals surface area contributed by atoms with Crippen molar-refractivity contribution in [2.45, 2.75) is 57.7 Å². The molecule has 11 heteroatoms. The second kappa shape index (κ2) is 12.5. The first-order valence-corrected chi connectivity index (χ1v) is 15.4. The number of carbonyl (C=O) groups is 3. The van der Waals surface area contributed by atoms with E-state index in [4.69, 9.17) is 4.74 Å². The van der Waals surface area contributed by atoms with Crippen LogP contribution in [-0.4, -0.2) is 88.6 Å². The number of rotatable bonds is 8. The van der Waals surface area contributed by atoms with Gasteiger partial charge in [0.2, 0.25) is 5.91 Å². The topological polar surface area (TPSA) is 93.6 Å². The van der Waals surface area contributed by atoms with Gasteiger partial charge in [0, 0.05) is 68.1 Å². The average Bonchev–Trinajstić information content (AvgIpc) is 3.83. The van der Waals surface area contributed by atoms with Crippen molar-refractivity contribution in [3.8, 4) is 5.75 Å². The van der Waals surface area contributed by atoms with E-state index in [0.717, 1.165) is 48.0 Å². The molecule has 2 heterocycles. The SMILES string of the molecule is CC(C)(Oc1cc(N2CCC[C@@H](C(=O)N(Cc3ccc(Br)cc3)C3CC3)C2)ccc1F)C(=O)N1CCN(C(=O)O)CC1. The summed E-state index contributed by atoms with van der Waals surface area (Å²) >= 11 is 3.47. The average molecular weight is 646 g/mol. The normalized spacial score (nSPS) is 19.4. The Hall–Kier alpha value is -3.34. The number of piperazine rings is 1. The van der Waals surface area contributed by atoms with Crippen molar-refractivity contribution >= 4 is 39.5 Å². The van der Waals surface area contributed by atoms with Gasteiger partial charge in [0.05, 0.1) is 5.92 Å². The zero-order valence-corrected chi connectivity index (χ0v) is 25.7. The van der Waals surface area contributed by atoms with Crippen LogP contribution >= 0.6 is 15.9 Å². The zero-order chi connectivity index (χ0) is 30.0. The Morgan fingerprint density at radius 1 is 1.00 bits per heavy atom. The molecule has 2 saturated heterocycles. The van der Waals surface area contributed by atoms with E-state index in [0.29, 0.717) is 13.1 Å². The number of anilines is 1. The first-order chi connectivity index (χ1) is 20.0. The highest BCUT2D eigenvalue weighted by Crippen LogP contribution is 2.34. The molecule has 1 atom stereocenters. The van der Waals surface area contributed by atoms with Gasteiger partial charge in [-0.15, -0.1) is 0 Å². The third kappa shape index (κ3) is 6.99. The van der Waals surface area contributed by atoms with E-state index in [9.17, 15) is 23.9 Å². The van der Waals surface area contributed by atoms with E-state index in [-0.39, 0.29) is 55.7 Å². The summed E-state index contributed by atoms with van der Waals surface area (Å²) in [7, 11) is 0. The number of hydrogen-bond acceptors (Lipinski definition) is 5.